The van der Waals surface area contributed by atoms with Crippen LogP contribution in [0.4, 0.5) is 0 Å². The number of ether oxygens (including phenoxy) is 1. The van der Waals surface area contributed by atoms with E-state index >= 15 is 0 Å². The molecular weight excluding hydrogens is 316 g/mol. The number of carbonyl (C=O) groups excluding carboxylic acids is 1. The number of carboxylic acid groups (broad SMARTS) is 1. The van der Waals surface area contributed by atoms with Crippen molar-refractivity contribution in [2.45, 2.75) is 0 Å². The molecule has 0 aliphatic carbocycles. The Morgan fingerprint density at radius 2 is 2.11 bits per heavy atom. The second kappa shape index (κ2) is 7.75. The Bertz CT molecular complexity index is 437. The number of carboxylic acids is 1. The summed E-state index contributed by atoms with van der Waals surface area (Å²) >= 11 is 3.32. The van der Waals surface area contributed by atoms with Gasteiger partial charge >= 0.3 is 5.97 Å². The summed E-state index contributed by atoms with van der Waals surface area (Å²) in [5, 5.41) is 8.71. The van der Waals surface area contributed by atoms with E-state index in [1.165, 1.54) is 4.90 Å². The summed E-state index contributed by atoms with van der Waals surface area (Å²) in [6.45, 7) is 0.234. The van der Waals surface area contributed by atoms with Crippen molar-refractivity contribution < 1.29 is 19.4 Å². The third-order valence-electron chi connectivity index (χ3n) is 2.21. The molecule has 7 heteroatoms. The van der Waals surface area contributed by atoms with Crippen LogP contribution in [-0.4, -0.2) is 48.1 Å². The highest BCUT2D eigenvalue weighted by Crippen LogP contribution is 2.17. The van der Waals surface area contributed by atoms with Crippen LogP contribution in [0.3, 0.4) is 0 Å². The second-order valence-corrected chi connectivity index (χ2v) is 4.79. The summed E-state index contributed by atoms with van der Waals surface area (Å²) in [6, 6.07) is 7.30. The van der Waals surface area contributed by atoms with Crippen molar-refractivity contribution in [3.05, 3.63) is 28.7 Å². The second-order valence-electron chi connectivity index (χ2n) is 3.88. The maximum Gasteiger partial charge on any atom is 0.317 e. The highest BCUT2D eigenvalue weighted by molar-refractivity contribution is 9.10. The smallest absolute Gasteiger partial charge is 0.317 e. The molecule has 0 heterocycles. The van der Waals surface area contributed by atoms with Gasteiger partial charge in [-0.05, 0) is 18.2 Å². The molecule has 6 nitrogen and oxygen atoms in total. The zero-order valence-electron chi connectivity index (χ0n) is 10.2. The lowest BCUT2D eigenvalue weighted by Gasteiger charge is -2.18. The topological polar surface area (TPSA) is 92.9 Å². The van der Waals surface area contributed by atoms with Crippen molar-refractivity contribution >= 4 is 27.8 Å². The van der Waals surface area contributed by atoms with E-state index in [1.807, 2.05) is 12.1 Å². The minimum Gasteiger partial charge on any atom is -0.492 e. The lowest BCUT2D eigenvalue weighted by molar-refractivity contribution is -0.138. The fourth-order valence-corrected chi connectivity index (χ4v) is 1.85. The monoisotopic (exact) mass is 330 g/mol. The molecule has 0 spiro atoms. The van der Waals surface area contributed by atoms with Gasteiger partial charge < -0.3 is 15.6 Å². The molecule has 0 fully saturated rings. The zero-order valence-corrected chi connectivity index (χ0v) is 11.8. The summed E-state index contributed by atoms with van der Waals surface area (Å²) in [6.07, 6.45) is 0. The number of primary amides is 1. The quantitative estimate of drug-likeness (QED) is 0.731. The van der Waals surface area contributed by atoms with Gasteiger partial charge in [0.15, 0.2) is 0 Å². The normalized spacial score (nSPS) is 10.4. The standard InChI is InChI=1S/C12H15BrN2O4/c13-9-2-1-3-10(6-9)19-5-4-15(7-11(14)16)8-12(17)18/h1-3,6H,4-5,7-8H2,(H2,14,16)(H,17,18). The molecule has 3 N–H and O–H groups in total. The Hall–Kier alpha value is -1.60. The van der Waals surface area contributed by atoms with E-state index in [1.54, 1.807) is 12.1 Å². The van der Waals surface area contributed by atoms with Gasteiger partial charge in [-0.2, -0.15) is 0 Å². The summed E-state index contributed by atoms with van der Waals surface area (Å²) in [4.78, 5) is 22.9. The molecule has 0 aliphatic heterocycles. The Morgan fingerprint density at radius 1 is 1.37 bits per heavy atom. The van der Waals surface area contributed by atoms with Gasteiger partial charge in [0.05, 0.1) is 13.1 Å². The van der Waals surface area contributed by atoms with Crippen LogP contribution in [0, 0.1) is 0 Å². The Kier molecular flexibility index (Phi) is 6.31. The predicted molar refractivity (Wildman–Crippen MR) is 72.9 cm³/mol. The molecule has 19 heavy (non-hydrogen) atoms. The summed E-state index contributed by atoms with van der Waals surface area (Å²) in [7, 11) is 0. The van der Waals surface area contributed by atoms with Crippen molar-refractivity contribution in [3.63, 3.8) is 0 Å². The van der Waals surface area contributed by atoms with Crippen LogP contribution in [0.25, 0.3) is 0 Å². The van der Waals surface area contributed by atoms with Crippen LogP contribution in [0.2, 0.25) is 0 Å². The highest BCUT2D eigenvalue weighted by atomic mass is 79.9. The first-order valence-electron chi connectivity index (χ1n) is 5.58. The maximum absolute atomic E-state index is 10.8. The van der Waals surface area contributed by atoms with Crippen LogP contribution in [-0.2, 0) is 9.59 Å². The number of nitrogens with zero attached hydrogens (tertiary/aromatic N) is 1. The fourth-order valence-electron chi connectivity index (χ4n) is 1.48. The molecule has 0 bridgehead atoms. The van der Waals surface area contributed by atoms with Gasteiger partial charge in [-0.25, -0.2) is 0 Å². The molecule has 0 saturated carbocycles. The van der Waals surface area contributed by atoms with Gasteiger partial charge in [0, 0.05) is 11.0 Å². The van der Waals surface area contributed by atoms with Gasteiger partial charge in [-0.3, -0.25) is 14.5 Å². The molecule has 1 rings (SSSR count). The minimum atomic E-state index is -1.01. The van der Waals surface area contributed by atoms with Gasteiger partial charge in [0.25, 0.3) is 0 Å². The Labute approximate surface area is 119 Å². The molecule has 1 aromatic carbocycles. The lowest BCUT2D eigenvalue weighted by atomic mass is 10.3. The van der Waals surface area contributed by atoms with Gasteiger partial charge in [0.2, 0.25) is 5.91 Å². The average molecular weight is 331 g/mol. The molecule has 104 valence electrons. The van der Waals surface area contributed by atoms with E-state index < -0.39 is 11.9 Å². The Morgan fingerprint density at radius 3 is 2.68 bits per heavy atom. The number of hydrogen-bond donors (Lipinski definition) is 2. The van der Waals surface area contributed by atoms with E-state index in [0.29, 0.717) is 12.3 Å². The first-order valence-corrected chi connectivity index (χ1v) is 6.37. The number of nitrogens with two attached hydrogens (primary N) is 1. The zero-order chi connectivity index (χ0) is 14.3. The largest absolute Gasteiger partial charge is 0.492 e. The summed E-state index contributed by atoms with van der Waals surface area (Å²) in [5.74, 6) is -0.906. The molecule has 0 aliphatic rings. The van der Waals surface area contributed by atoms with Crippen molar-refractivity contribution in [2.75, 3.05) is 26.2 Å². The van der Waals surface area contributed by atoms with Gasteiger partial charge in [-0.1, -0.05) is 22.0 Å². The van der Waals surface area contributed by atoms with Gasteiger partial charge in [-0.15, -0.1) is 0 Å². The van der Waals surface area contributed by atoms with E-state index in [-0.39, 0.29) is 19.7 Å². The van der Waals surface area contributed by atoms with Crippen LogP contribution in [0.1, 0.15) is 0 Å². The van der Waals surface area contributed by atoms with Crippen LogP contribution in [0.15, 0.2) is 28.7 Å². The van der Waals surface area contributed by atoms with E-state index in [2.05, 4.69) is 15.9 Å². The maximum atomic E-state index is 10.8. The van der Waals surface area contributed by atoms with E-state index in [4.69, 9.17) is 15.6 Å². The summed E-state index contributed by atoms with van der Waals surface area (Å²) < 4.78 is 6.36. The molecule has 1 amide bonds. The fraction of sp³-hybridized carbons (Fsp3) is 0.333. The number of halogens is 1. The number of hydrogen-bond acceptors (Lipinski definition) is 4. The van der Waals surface area contributed by atoms with Crippen molar-refractivity contribution in [2.24, 2.45) is 5.73 Å². The Balaban J connectivity index is 2.43. The molecule has 0 saturated heterocycles. The van der Waals surface area contributed by atoms with Crippen LogP contribution >= 0.6 is 15.9 Å². The summed E-state index contributed by atoms with van der Waals surface area (Å²) in [5.41, 5.74) is 5.05. The highest BCUT2D eigenvalue weighted by Gasteiger charge is 2.12. The lowest BCUT2D eigenvalue weighted by Crippen LogP contribution is -2.39. The molecule has 0 aromatic heterocycles. The first kappa shape index (κ1) is 15.5. The van der Waals surface area contributed by atoms with Crippen LogP contribution < -0.4 is 10.5 Å². The molecule has 1 aromatic rings. The first-order chi connectivity index (χ1) is 8.97. The van der Waals surface area contributed by atoms with E-state index in [0.717, 1.165) is 4.47 Å². The van der Waals surface area contributed by atoms with Crippen molar-refractivity contribution in [1.82, 2.24) is 4.90 Å². The van der Waals surface area contributed by atoms with Crippen molar-refractivity contribution in [3.8, 4) is 5.75 Å². The SMILES string of the molecule is NC(=O)CN(CCOc1cccc(Br)c1)CC(=O)O. The molecule has 0 unspecified atom stereocenters. The average Bonchev–Trinajstić information content (AvgIpc) is 2.27. The molecule has 0 radical (unpaired) electrons. The third kappa shape index (κ3) is 6.78. The third-order valence-corrected chi connectivity index (χ3v) is 2.70. The van der Waals surface area contributed by atoms with Crippen molar-refractivity contribution in [1.29, 1.82) is 0 Å². The predicted octanol–water partition coefficient (Wildman–Crippen LogP) is 0.700. The van der Waals surface area contributed by atoms with Gasteiger partial charge in [0.1, 0.15) is 12.4 Å². The number of rotatable bonds is 8. The molecular formula is C12H15BrN2O4. The molecule has 0 atom stereocenters. The minimum absolute atomic E-state index is 0.103. The van der Waals surface area contributed by atoms with E-state index in [9.17, 15) is 9.59 Å². The number of benzene rings is 1. The number of aliphatic carboxylic acids is 1. The van der Waals surface area contributed by atoms with Crippen LogP contribution in [0.5, 0.6) is 5.75 Å². The number of carbonyl (C=O) groups is 2. The number of amides is 1.